The van der Waals surface area contributed by atoms with Gasteiger partial charge in [-0.25, -0.2) is 0 Å². The first kappa shape index (κ1) is 18.7. The van der Waals surface area contributed by atoms with Crippen LogP contribution in [0.4, 0.5) is 0 Å². The van der Waals surface area contributed by atoms with Crippen LogP contribution in [0, 0.1) is 0 Å². The van der Waals surface area contributed by atoms with Gasteiger partial charge in [-0.2, -0.15) is 0 Å². The van der Waals surface area contributed by atoms with Crippen molar-refractivity contribution in [2.45, 2.75) is 63.6 Å². The topological polar surface area (TPSA) is 62.3 Å². The SMILES string of the molecule is O=C(NCc1cccnc1)[C@@H]1c2ccccc2C(=O)N1C1CCCCCCC1. The highest BCUT2D eigenvalue weighted by Crippen LogP contribution is 2.38. The van der Waals surface area contributed by atoms with Crippen molar-refractivity contribution in [3.05, 3.63) is 65.5 Å². The Morgan fingerprint density at radius 3 is 2.54 bits per heavy atom. The average molecular weight is 377 g/mol. The van der Waals surface area contributed by atoms with Gasteiger partial charge >= 0.3 is 0 Å². The molecular formula is C23H27N3O2. The smallest absolute Gasteiger partial charge is 0.255 e. The van der Waals surface area contributed by atoms with Crippen LogP contribution >= 0.6 is 0 Å². The van der Waals surface area contributed by atoms with E-state index in [1.165, 1.54) is 19.3 Å². The van der Waals surface area contributed by atoms with Gasteiger partial charge in [0.15, 0.2) is 0 Å². The molecule has 2 aromatic rings. The molecule has 0 radical (unpaired) electrons. The van der Waals surface area contributed by atoms with Gasteiger partial charge in [-0.05, 0) is 36.1 Å². The third-order valence-corrected chi connectivity index (χ3v) is 5.90. The maximum atomic E-state index is 13.2. The summed E-state index contributed by atoms with van der Waals surface area (Å²) in [5, 5.41) is 3.03. The first-order chi connectivity index (χ1) is 13.8. The van der Waals surface area contributed by atoms with Crippen molar-refractivity contribution in [3.63, 3.8) is 0 Å². The van der Waals surface area contributed by atoms with Crippen molar-refractivity contribution in [1.29, 1.82) is 0 Å². The number of carbonyl (C=O) groups excluding carboxylic acids is 2. The van der Waals surface area contributed by atoms with Crippen molar-refractivity contribution >= 4 is 11.8 Å². The number of benzene rings is 1. The Morgan fingerprint density at radius 2 is 1.79 bits per heavy atom. The van der Waals surface area contributed by atoms with E-state index in [1.807, 2.05) is 41.3 Å². The highest BCUT2D eigenvalue weighted by atomic mass is 16.2. The first-order valence-corrected chi connectivity index (χ1v) is 10.3. The normalized spacial score (nSPS) is 20.4. The van der Waals surface area contributed by atoms with Crippen LogP contribution in [0.1, 0.15) is 72.5 Å². The molecule has 1 fully saturated rings. The first-order valence-electron chi connectivity index (χ1n) is 10.3. The molecule has 4 rings (SSSR count). The monoisotopic (exact) mass is 377 g/mol. The molecule has 5 heteroatoms. The van der Waals surface area contributed by atoms with Crippen molar-refractivity contribution in [2.24, 2.45) is 0 Å². The van der Waals surface area contributed by atoms with E-state index in [-0.39, 0.29) is 17.9 Å². The van der Waals surface area contributed by atoms with E-state index in [4.69, 9.17) is 0 Å². The molecular weight excluding hydrogens is 350 g/mol. The van der Waals surface area contributed by atoms with Gasteiger partial charge in [0.25, 0.3) is 5.91 Å². The molecule has 1 aromatic carbocycles. The zero-order valence-electron chi connectivity index (χ0n) is 16.1. The minimum absolute atomic E-state index is 0.00250. The number of aromatic nitrogens is 1. The van der Waals surface area contributed by atoms with Crippen LogP contribution in [-0.2, 0) is 11.3 Å². The van der Waals surface area contributed by atoms with E-state index in [2.05, 4.69) is 10.3 Å². The van der Waals surface area contributed by atoms with Crippen LogP contribution in [0.2, 0.25) is 0 Å². The van der Waals surface area contributed by atoms with Gasteiger partial charge < -0.3 is 10.2 Å². The molecule has 2 amide bonds. The summed E-state index contributed by atoms with van der Waals surface area (Å²) >= 11 is 0. The van der Waals surface area contributed by atoms with Crippen molar-refractivity contribution in [3.8, 4) is 0 Å². The van der Waals surface area contributed by atoms with Crippen LogP contribution in [0.15, 0.2) is 48.8 Å². The Kier molecular flexibility index (Phi) is 5.70. The highest BCUT2D eigenvalue weighted by Gasteiger charge is 2.43. The number of hydrogen-bond donors (Lipinski definition) is 1. The standard InChI is InChI=1S/C23H27N3O2/c27-22(25-16-17-9-8-14-24-15-17)21-19-12-6-7-13-20(19)23(28)26(21)18-10-4-2-1-3-5-11-18/h6-9,12-15,18,21H,1-5,10-11,16H2,(H,25,27)/t21-/m0/s1. The highest BCUT2D eigenvalue weighted by molar-refractivity contribution is 6.04. The summed E-state index contributed by atoms with van der Waals surface area (Å²) in [5.74, 6) is -0.105. The quantitative estimate of drug-likeness (QED) is 0.876. The van der Waals surface area contributed by atoms with E-state index < -0.39 is 6.04 Å². The van der Waals surface area contributed by atoms with Gasteiger partial charge in [0, 0.05) is 30.5 Å². The Bertz CT molecular complexity index is 829. The van der Waals surface area contributed by atoms with Gasteiger partial charge in [0.2, 0.25) is 5.91 Å². The van der Waals surface area contributed by atoms with E-state index in [0.29, 0.717) is 12.1 Å². The second kappa shape index (κ2) is 8.55. The summed E-state index contributed by atoms with van der Waals surface area (Å²) in [4.78, 5) is 32.4. The zero-order chi connectivity index (χ0) is 19.3. The van der Waals surface area contributed by atoms with Crippen molar-refractivity contribution < 1.29 is 9.59 Å². The maximum Gasteiger partial charge on any atom is 0.255 e. The van der Waals surface area contributed by atoms with Crippen LogP contribution in [-0.4, -0.2) is 27.7 Å². The molecule has 2 heterocycles. The number of amides is 2. The largest absolute Gasteiger partial charge is 0.350 e. The lowest BCUT2D eigenvalue weighted by molar-refractivity contribution is -0.126. The molecule has 0 unspecified atom stereocenters. The minimum atomic E-state index is -0.537. The summed E-state index contributed by atoms with van der Waals surface area (Å²) < 4.78 is 0. The number of nitrogens with zero attached hydrogens (tertiary/aromatic N) is 2. The summed E-state index contributed by atoms with van der Waals surface area (Å²) in [6.07, 6.45) is 11.4. The zero-order valence-corrected chi connectivity index (χ0v) is 16.1. The van der Waals surface area contributed by atoms with E-state index in [9.17, 15) is 9.59 Å². The second-order valence-corrected chi connectivity index (χ2v) is 7.78. The number of hydrogen-bond acceptors (Lipinski definition) is 3. The number of rotatable bonds is 4. The number of nitrogens with one attached hydrogen (secondary N) is 1. The number of carbonyl (C=O) groups is 2. The molecule has 1 atom stereocenters. The van der Waals surface area contributed by atoms with Gasteiger partial charge in [0.1, 0.15) is 6.04 Å². The molecule has 146 valence electrons. The van der Waals surface area contributed by atoms with E-state index >= 15 is 0 Å². The summed E-state index contributed by atoms with van der Waals surface area (Å²) in [6.45, 7) is 0.415. The Hall–Kier alpha value is -2.69. The summed E-state index contributed by atoms with van der Waals surface area (Å²) in [6, 6.07) is 11.0. The molecule has 1 N–H and O–H groups in total. The maximum absolute atomic E-state index is 13.2. The molecule has 5 nitrogen and oxygen atoms in total. The molecule has 28 heavy (non-hydrogen) atoms. The van der Waals surface area contributed by atoms with Crippen molar-refractivity contribution in [1.82, 2.24) is 15.2 Å². The number of fused-ring (bicyclic) bond motifs is 1. The fraction of sp³-hybridized carbons (Fsp3) is 0.435. The molecule has 1 aliphatic heterocycles. The number of pyridine rings is 1. The van der Waals surface area contributed by atoms with Crippen LogP contribution < -0.4 is 5.32 Å². The Labute approximate surface area is 166 Å². The lowest BCUT2D eigenvalue weighted by atomic mass is 9.94. The lowest BCUT2D eigenvalue weighted by Gasteiger charge is -2.34. The van der Waals surface area contributed by atoms with Crippen LogP contribution in [0.3, 0.4) is 0 Å². The van der Waals surface area contributed by atoms with Crippen LogP contribution in [0.5, 0.6) is 0 Å². The van der Waals surface area contributed by atoms with Gasteiger partial charge in [-0.1, -0.05) is 56.4 Å². The van der Waals surface area contributed by atoms with Gasteiger partial charge in [-0.15, -0.1) is 0 Å². The molecule has 0 bridgehead atoms. The predicted octanol–water partition coefficient (Wildman–Crippen LogP) is 4.01. The molecule has 1 saturated carbocycles. The fourth-order valence-electron chi connectivity index (χ4n) is 4.48. The average Bonchev–Trinajstić information content (AvgIpc) is 3.00. The molecule has 1 aliphatic carbocycles. The molecule has 2 aliphatic rings. The molecule has 0 saturated heterocycles. The Morgan fingerprint density at radius 1 is 1.04 bits per heavy atom. The van der Waals surface area contributed by atoms with E-state index in [0.717, 1.165) is 36.8 Å². The summed E-state index contributed by atoms with van der Waals surface area (Å²) in [5.41, 5.74) is 2.45. The van der Waals surface area contributed by atoms with E-state index in [1.54, 1.807) is 12.4 Å². The Balaban J connectivity index is 1.58. The molecule has 1 aromatic heterocycles. The van der Waals surface area contributed by atoms with Gasteiger partial charge in [-0.3, -0.25) is 14.6 Å². The third-order valence-electron chi connectivity index (χ3n) is 5.90. The lowest BCUT2D eigenvalue weighted by Crippen LogP contribution is -2.44. The van der Waals surface area contributed by atoms with Gasteiger partial charge in [0.05, 0.1) is 0 Å². The summed E-state index contributed by atoms with van der Waals surface area (Å²) in [7, 11) is 0. The minimum Gasteiger partial charge on any atom is -0.350 e. The van der Waals surface area contributed by atoms with Crippen LogP contribution in [0.25, 0.3) is 0 Å². The second-order valence-electron chi connectivity index (χ2n) is 7.78. The fourth-order valence-corrected chi connectivity index (χ4v) is 4.48. The third kappa shape index (κ3) is 3.79. The molecule has 0 spiro atoms. The predicted molar refractivity (Wildman–Crippen MR) is 108 cm³/mol. The van der Waals surface area contributed by atoms with Crippen molar-refractivity contribution in [2.75, 3.05) is 0 Å².